The third kappa shape index (κ3) is 7.25. The molecule has 6 rings (SSSR count). The first kappa shape index (κ1) is 33.1. The highest BCUT2D eigenvalue weighted by Crippen LogP contribution is 2.65. The van der Waals surface area contributed by atoms with Crippen LogP contribution in [0, 0.1) is 28.6 Å². The van der Waals surface area contributed by atoms with Crippen molar-refractivity contribution in [3.63, 3.8) is 0 Å². The molecular formula is C34H50BN5O5. The molecule has 4 aliphatic rings. The van der Waals surface area contributed by atoms with Crippen molar-refractivity contribution in [3.05, 3.63) is 42.5 Å². The maximum absolute atomic E-state index is 13.8. The van der Waals surface area contributed by atoms with Crippen molar-refractivity contribution in [1.29, 1.82) is 5.41 Å². The molecule has 3 saturated carbocycles. The fourth-order valence-corrected chi connectivity index (χ4v) is 7.62. The third-order valence-electron chi connectivity index (χ3n) is 10.3. The zero-order chi connectivity index (χ0) is 32.4. The van der Waals surface area contributed by atoms with Gasteiger partial charge in [-0.15, -0.1) is 0 Å². The van der Waals surface area contributed by atoms with Crippen molar-refractivity contribution in [3.8, 4) is 5.75 Å². The molecule has 6 atom stereocenters. The SMILES string of the molecule is CNC(=N)NCCC[C@H](NC(=O)COc1ccc2ccccc2c1)C(=O)N[C@@H](CC(C)C)B1O[C@@H]2C[C@@H]3C[C@@H](C3(C)C)[C@]2(C)O1. The van der Waals surface area contributed by atoms with Gasteiger partial charge in [0.05, 0.1) is 17.6 Å². The summed E-state index contributed by atoms with van der Waals surface area (Å²) in [6, 6.07) is 12.9. The van der Waals surface area contributed by atoms with Crippen LogP contribution < -0.4 is 26.0 Å². The maximum atomic E-state index is 13.8. The first-order valence-corrected chi connectivity index (χ1v) is 16.5. The maximum Gasteiger partial charge on any atom is 0.481 e. The molecule has 244 valence electrons. The van der Waals surface area contributed by atoms with Gasteiger partial charge in [0, 0.05) is 13.6 Å². The largest absolute Gasteiger partial charge is 0.484 e. The number of carbonyl (C=O) groups is 2. The minimum atomic E-state index is -0.788. The number of guanidine groups is 1. The molecule has 0 aromatic heterocycles. The number of amides is 2. The summed E-state index contributed by atoms with van der Waals surface area (Å²) in [5, 5.41) is 21.7. The van der Waals surface area contributed by atoms with Gasteiger partial charge in [-0.05, 0) is 85.1 Å². The van der Waals surface area contributed by atoms with E-state index < -0.39 is 13.2 Å². The highest BCUT2D eigenvalue weighted by Gasteiger charge is 2.68. The molecule has 3 aliphatic carbocycles. The zero-order valence-electron chi connectivity index (χ0n) is 27.6. The first-order chi connectivity index (χ1) is 21.4. The van der Waals surface area contributed by atoms with E-state index in [1.54, 1.807) is 7.05 Å². The molecule has 0 unspecified atom stereocenters. The van der Waals surface area contributed by atoms with Gasteiger partial charge in [-0.2, -0.15) is 0 Å². The fourth-order valence-electron chi connectivity index (χ4n) is 7.62. The summed E-state index contributed by atoms with van der Waals surface area (Å²) in [6.45, 7) is 11.4. The molecule has 2 bridgehead atoms. The molecule has 0 radical (unpaired) electrons. The molecule has 0 spiro atoms. The average Bonchev–Trinajstić information content (AvgIpc) is 3.37. The highest BCUT2D eigenvalue weighted by molar-refractivity contribution is 6.48. The van der Waals surface area contributed by atoms with Gasteiger partial charge in [-0.3, -0.25) is 15.0 Å². The number of hydrogen-bond donors (Lipinski definition) is 5. The molecule has 45 heavy (non-hydrogen) atoms. The molecule has 2 aromatic carbocycles. The normalized spacial score (nSPS) is 25.9. The number of carbonyl (C=O) groups excluding carboxylic acids is 2. The molecule has 2 amide bonds. The van der Waals surface area contributed by atoms with Crippen LogP contribution >= 0.6 is 0 Å². The van der Waals surface area contributed by atoms with Gasteiger partial charge < -0.3 is 35.3 Å². The molecule has 1 saturated heterocycles. The van der Waals surface area contributed by atoms with Gasteiger partial charge in [-0.25, -0.2) is 0 Å². The van der Waals surface area contributed by atoms with Gasteiger partial charge in [0.1, 0.15) is 11.8 Å². The van der Waals surface area contributed by atoms with Crippen LogP contribution in [-0.4, -0.2) is 68.8 Å². The Kier molecular flexibility index (Phi) is 9.99. The van der Waals surface area contributed by atoms with Crippen molar-refractivity contribution < 1.29 is 23.6 Å². The lowest BCUT2D eigenvalue weighted by molar-refractivity contribution is -0.199. The summed E-state index contributed by atoms with van der Waals surface area (Å²) in [4.78, 5) is 26.9. The van der Waals surface area contributed by atoms with E-state index in [1.165, 1.54) is 0 Å². The highest BCUT2D eigenvalue weighted by atomic mass is 16.7. The fraction of sp³-hybridized carbons (Fsp3) is 0.618. The van der Waals surface area contributed by atoms with Crippen molar-refractivity contribution in [2.45, 2.75) is 90.4 Å². The molecule has 5 N–H and O–H groups in total. The van der Waals surface area contributed by atoms with Crippen LogP contribution in [0.5, 0.6) is 5.75 Å². The van der Waals surface area contributed by atoms with E-state index in [2.05, 4.69) is 55.9 Å². The number of ether oxygens (including phenoxy) is 1. The second-order valence-electron chi connectivity index (χ2n) is 14.2. The molecule has 1 aliphatic heterocycles. The van der Waals surface area contributed by atoms with Crippen LogP contribution in [0.1, 0.15) is 66.7 Å². The quantitative estimate of drug-likeness (QED) is 0.0990. The van der Waals surface area contributed by atoms with Crippen LogP contribution in [-0.2, 0) is 18.9 Å². The van der Waals surface area contributed by atoms with E-state index >= 15 is 0 Å². The third-order valence-corrected chi connectivity index (χ3v) is 10.3. The Labute approximate surface area is 267 Å². The van der Waals surface area contributed by atoms with E-state index in [-0.39, 0.29) is 47.4 Å². The predicted molar refractivity (Wildman–Crippen MR) is 177 cm³/mol. The monoisotopic (exact) mass is 619 g/mol. The standard InChI is InChI=1S/C34H50BN5O5/c1-21(2)16-29(35-44-28-19-24-18-27(33(24,3)4)34(28,5)45-35)40-31(42)26(12-9-15-38-32(36)37-6)39-30(41)20-43-25-14-13-22-10-7-8-11-23(22)17-25/h7-8,10-11,13-14,17,21,24,26-29H,9,12,15-16,18-20H2,1-6H3,(H,39,41)(H,40,42)(H3,36,37,38)/t24-,26-,27-,28+,29-,34-/m0/s1. The van der Waals surface area contributed by atoms with E-state index in [0.717, 1.165) is 23.6 Å². The number of fused-ring (bicyclic) bond motifs is 1. The van der Waals surface area contributed by atoms with Crippen molar-refractivity contribution in [2.24, 2.45) is 23.2 Å². The Balaban J connectivity index is 1.24. The molecular weight excluding hydrogens is 569 g/mol. The summed E-state index contributed by atoms with van der Waals surface area (Å²) in [6.07, 6.45) is 3.79. The molecule has 1 heterocycles. The molecule has 2 aromatic rings. The van der Waals surface area contributed by atoms with E-state index in [0.29, 0.717) is 49.3 Å². The Morgan fingerprint density at radius 3 is 2.56 bits per heavy atom. The zero-order valence-corrected chi connectivity index (χ0v) is 27.6. The van der Waals surface area contributed by atoms with Gasteiger partial charge in [0.25, 0.3) is 5.91 Å². The molecule has 10 nitrogen and oxygen atoms in total. The molecule has 11 heteroatoms. The Morgan fingerprint density at radius 1 is 1.09 bits per heavy atom. The van der Waals surface area contributed by atoms with Crippen LogP contribution in [0.4, 0.5) is 0 Å². The van der Waals surface area contributed by atoms with E-state index in [4.69, 9.17) is 19.5 Å². The summed E-state index contributed by atoms with van der Waals surface area (Å²) >= 11 is 0. The number of nitrogens with one attached hydrogen (secondary N) is 5. The Bertz CT molecular complexity index is 1390. The summed E-state index contributed by atoms with van der Waals surface area (Å²) < 4.78 is 19.1. The number of rotatable bonds is 13. The average molecular weight is 620 g/mol. The second kappa shape index (κ2) is 13.6. The van der Waals surface area contributed by atoms with Crippen molar-refractivity contribution in [1.82, 2.24) is 21.3 Å². The first-order valence-electron chi connectivity index (χ1n) is 16.5. The lowest BCUT2D eigenvalue weighted by Gasteiger charge is -2.64. The molecule has 4 fully saturated rings. The minimum absolute atomic E-state index is 0.0159. The second-order valence-corrected chi connectivity index (χ2v) is 14.2. The summed E-state index contributed by atoms with van der Waals surface area (Å²) in [7, 11) is 1.12. The van der Waals surface area contributed by atoms with E-state index in [1.807, 2.05) is 42.5 Å². The Hall–Kier alpha value is -3.31. The topological polar surface area (TPSA) is 134 Å². The number of benzene rings is 2. The number of hydrogen-bond acceptors (Lipinski definition) is 6. The van der Waals surface area contributed by atoms with Gasteiger partial charge in [0.15, 0.2) is 12.6 Å². The minimum Gasteiger partial charge on any atom is -0.484 e. The van der Waals surface area contributed by atoms with Gasteiger partial charge in [0.2, 0.25) is 5.91 Å². The summed E-state index contributed by atoms with van der Waals surface area (Å²) in [5.74, 6) is 1.12. The van der Waals surface area contributed by atoms with E-state index in [9.17, 15) is 9.59 Å². The van der Waals surface area contributed by atoms with Crippen LogP contribution in [0.15, 0.2) is 42.5 Å². The van der Waals surface area contributed by atoms with Gasteiger partial charge in [-0.1, -0.05) is 58.0 Å². The van der Waals surface area contributed by atoms with Gasteiger partial charge >= 0.3 is 7.12 Å². The van der Waals surface area contributed by atoms with Crippen molar-refractivity contribution in [2.75, 3.05) is 20.2 Å². The van der Waals surface area contributed by atoms with Crippen LogP contribution in [0.25, 0.3) is 10.8 Å². The van der Waals surface area contributed by atoms with Crippen molar-refractivity contribution >= 4 is 35.7 Å². The lowest BCUT2D eigenvalue weighted by Crippen LogP contribution is -2.65. The van der Waals surface area contributed by atoms with Crippen LogP contribution in [0.3, 0.4) is 0 Å². The summed E-state index contributed by atoms with van der Waals surface area (Å²) in [5.41, 5.74) is -0.150. The predicted octanol–water partition coefficient (Wildman–Crippen LogP) is 4.03. The van der Waals surface area contributed by atoms with Crippen LogP contribution in [0.2, 0.25) is 0 Å². The lowest BCUT2D eigenvalue weighted by atomic mass is 9.43. The Morgan fingerprint density at radius 2 is 1.84 bits per heavy atom. The smallest absolute Gasteiger partial charge is 0.481 e.